The van der Waals surface area contributed by atoms with E-state index in [0.29, 0.717) is 25.1 Å². The Bertz CT molecular complexity index is 406. The Balaban J connectivity index is 2.14. The zero-order valence-electron chi connectivity index (χ0n) is 8.14. The third-order valence-corrected chi connectivity index (χ3v) is 2.48. The van der Waals surface area contributed by atoms with E-state index in [1.54, 1.807) is 4.90 Å². The van der Waals surface area contributed by atoms with Crippen LogP contribution in [0.4, 0.5) is 0 Å². The second kappa shape index (κ2) is 3.86. The van der Waals surface area contributed by atoms with E-state index >= 15 is 0 Å². The van der Waals surface area contributed by atoms with Gasteiger partial charge in [0.15, 0.2) is 0 Å². The van der Waals surface area contributed by atoms with Gasteiger partial charge in [-0.2, -0.15) is 0 Å². The summed E-state index contributed by atoms with van der Waals surface area (Å²) >= 11 is 0. The van der Waals surface area contributed by atoms with Gasteiger partial charge in [-0.15, -0.1) is 0 Å². The molecule has 0 aliphatic carbocycles. The molecule has 1 aliphatic heterocycles. The van der Waals surface area contributed by atoms with Crippen LogP contribution in [-0.4, -0.2) is 40.1 Å². The number of pyridine rings is 1. The zero-order valence-corrected chi connectivity index (χ0v) is 8.14. The smallest absolute Gasteiger partial charge is 0.255 e. The van der Waals surface area contributed by atoms with Crippen LogP contribution in [0.2, 0.25) is 0 Å². The summed E-state index contributed by atoms with van der Waals surface area (Å²) < 4.78 is 0. The maximum atomic E-state index is 11.8. The number of amides is 1. The van der Waals surface area contributed by atoms with Crippen molar-refractivity contribution in [2.45, 2.75) is 12.5 Å². The highest BCUT2D eigenvalue weighted by Gasteiger charge is 2.25. The zero-order chi connectivity index (χ0) is 10.8. The minimum absolute atomic E-state index is 0.150. The van der Waals surface area contributed by atoms with Crippen LogP contribution >= 0.6 is 0 Å². The van der Waals surface area contributed by atoms with Crippen LogP contribution in [0.5, 0.6) is 0 Å². The van der Waals surface area contributed by atoms with Crippen LogP contribution in [0, 0.1) is 0 Å². The van der Waals surface area contributed by atoms with Crippen molar-refractivity contribution in [2.75, 3.05) is 13.1 Å². The first-order valence-electron chi connectivity index (χ1n) is 4.83. The van der Waals surface area contributed by atoms with E-state index < -0.39 is 6.10 Å². The Morgan fingerprint density at radius 3 is 2.87 bits per heavy atom. The maximum absolute atomic E-state index is 11.8. The first-order valence-corrected chi connectivity index (χ1v) is 4.83. The molecular formula is C10H12N2O3. The maximum Gasteiger partial charge on any atom is 0.255 e. The standard InChI is InChI=1S/C10H12N2O3/c13-8-3-4-12(6-8)10(15)7-1-2-9(14)11-5-7/h1-2,5,8,13H,3-4,6H2,(H,11,14). The fourth-order valence-corrected chi connectivity index (χ4v) is 1.65. The van der Waals surface area contributed by atoms with E-state index in [4.69, 9.17) is 0 Å². The number of aromatic amines is 1. The number of aliphatic hydroxyl groups excluding tert-OH is 1. The molecule has 5 heteroatoms. The summed E-state index contributed by atoms with van der Waals surface area (Å²) in [4.78, 5) is 26.6. The Morgan fingerprint density at radius 1 is 1.53 bits per heavy atom. The lowest BCUT2D eigenvalue weighted by atomic mass is 10.2. The summed E-state index contributed by atoms with van der Waals surface area (Å²) in [6.45, 7) is 0.942. The summed E-state index contributed by atoms with van der Waals surface area (Å²) in [6, 6.07) is 2.81. The first kappa shape index (κ1) is 9.92. The van der Waals surface area contributed by atoms with Gasteiger partial charge in [0, 0.05) is 25.4 Å². The number of nitrogens with one attached hydrogen (secondary N) is 1. The number of carbonyl (C=O) groups is 1. The van der Waals surface area contributed by atoms with Gasteiger partial charge in [-0.3, -0.25) is 9.59 Å². The highest BCUT2D eigenvalue weighted by molar-refractivity contribution is 5.94. The van der Waals surface area contributed by atoms with Gasteiger partial charge in [0.05, 0.1) is 11.7 Å². The quantitative estimate of drug-likeness (QED) is 0.658. The molecular weight excluding hydrogens is 196 g/mol. The third kappa shape index (κ3) is 2.07. The number of β-amino-alcohol motifs (C(OH)–C–C–N with tert-alkyl or cyclic N) is 1. The molecule has 15 heavy (non-hydrogen) atoms. The molecule has 2 N–H and O–H groups in total. The van der Waals surface area contributed by atoms with Crippen LogP contribution in [0.15, 0.2) is 23.1 Å². The van der Waals surface area contributed by atoms with Gasteiger partial charge in [-0.1, -0.05) is 0 Å². The molecule has 2 heterocycles. The number of rotatable bonds is 1. The van der Waals surface area contributed by atoms with Crippen molar-refractivity contribution in [3.05, 3.63) is 34.2 Å². The molecule has 1 aliphatic rings. The Labute approximate surface area is 86.3 Å². The van der Waals surface area contributed by atoms with Gasteiger partial charge < -0.3 is 15.0 Å². The Hall–Kier alpha value is -1.62. The van der Waals surface area contributed by atoms with Crippen LogP contribution in [-0.2, 0) is 0 Å². The second-order valence-corrected chi connectivity index (χ2v) is 3.64. The minimum atomic E-state index is -0.420. The third-order valence-electron chi connectivity index (χ3n) is 2.48. The van der Waals surface area contributed by atoms with Crippen molar-refractivity contribution >= 4 is 5.91 Å². The summed E-state index contributed by atoms with van der Waals surface area (Å²) in [5.41, 5.74) is 0.219. The first-order chi connectivity index (χ1) is 7.16. The molecule has 1 fully saturated rings. The number of carbonyl (C=O) groups excluding carboxylic acids is 1. The average molecular weight is 208 g/mol. The molecule has 80 valence electrons. The second-order valence-electron chi connectivity index (χ2n) is 3.64. The van der Waals surface area contributed by atoms with Gasteiger partial charge in [-0.05, 0) is 12.5 Å². The van der Waals surface area contributed by atoms with Gasteiger partial charge >= 0.3 is 0 Å². The highest BCUT2D eigenvalue weighted by Crippen LogP contribution is 2.12. The number of aliphatic hydroxyl groups is 1. The van der Waals surface area contributed by atoms with Crippen molar-refractivity contribution in [3.8, 4) is 0 Å². The van der Waals surface area contributed by atoms with Crippen molar-refractivity contribution in [3.63, 3.8) is 0 Å². The van der Waals surface area contributed by atoms with E-state index in [2.05, 4.69) is 4.98 Å². The van der Waals surface area contributed by atoms with Crippen molar-refractivity contribution < 1.29 is 9.90 Å². The topological polar surface area (TPSA) is 73.4 Å². The Morgan fingerprint density at radius 2 is 2.33 bits per heavy atom. The molecule has 1 aromatic rings. The molecule has 0 saturated carbocycles. The van der Waals surface area contributed by atoms with E-state index in [-0.39, 0.29) is 11.5 Å². The number of hydrogen-bond acceptors (Lipinski definition) is 3. The number of hydrogen-bond donors (Lipinski definition) is 2. The monoisotopic (exact) mass is 208 g/mol. The molecule has 0 radical (unpaired) electrons. The largest absolute Gasteiger partial charge is 0.391 e. The molecule has 1 aromatic heterocycles. The lowest BCUT2D eigenvalue weighted by molar-refractivity contribution is 0.0764. The molecule has 0 aromatic carbocycles. The fourth-order valence-electron chi connectivity index (χ4n) is 1.65. The molecule has 2 rings (SSSR count). The van der Waals surface area contributed by atoms with Crippen LogP contribution in [0.3, 0.4) is 0 Å². The molecule has 0 spiro atoms. The minimum Gasteiger partial charge on any atom is -0.391 e. The number of H-pyrrole nitrogens is 1. The molecule has 1 atom stereocenters. The fraction of sp³-hybridized carbons (Fsp3) is 0.400. The van der Waals surface area contributed by atoms with Crippen LogP contribution in [0.1, 0.15) is 16.8 Å². The lowest BCUT2D eigenvalue weighted by Crippen LogP contribution is -2.29. The Kier molecular flexibility index (Phi) is 2.55. The van der Waals surface area contributed by atoms with Gasteiger partial charge in [0.25, 0.3) is 5.91 Å². The summed E-state index contributed by atoms with van der Waals surface area (Å²) in [7, 11) is 0. The molecule has 1 amide bonds. The van der Waals surface area contributed by atoms with Gasteiger partial charge in [0.2, 0.25) is 5.56 Å². The number of nitrogens with zero attached hydrogens (tertiary/aromatic N) is 1. The van der Waals surface area contributed by atoms with Crippen molar-refractivity contribution in [1.82, 2.24) is 9.88 Å². The normalized spacial score (nSPS) is 20.6. The van der Waals surface area contributed by atoms with Crippen molar-refractivity contribution in [2.24, 2.45) is 0 Å². The SMILES string of the molecule is O=C(c1ccc(=O)[nH]c1)N1CCC(O)C1. The van der Waals surface area contributed by atoms with E-state index in [1.807, 2.05) is 0 Å². The van der Waals surface area contributed by atoms with Crippen LogP contribution in [0.25, 0.3) is 0 Å². The predicted octanol–water partition coefficient (Wildman–Crippen LogP) is -0.418. The van der Waals surface area contributed by atoms with E-state index in [1.165, 1.54) is 18.3 Å². The summed E-state index contributed by atoms with van der Waals surface area (Å²) in [6.07, 6.45) is 1.60. The average Bonchev–Trinajstić information content (AvgIpc) is 2.65. The van der Waals surface area contributed by atoms with Gasteiger partial charge in [-0.25, -0.2) is 0 Å². The molecule has 1 unspecified atom stereocenters. The molecule has 0 bridgehead atoms. The number of aromatic nitrogens is 1. The summed E-state index contributed by atoms with van der Waals surface area (Å²) in [5, 5.41) is 9.29. The lowest BCUT2D eigenvalue weighted by Gasteiger charge is -2.14. The predicted molar refractivity (Wildman–Crippen MR) is 53.6 cm³/mol. The van der Waals surface area contributed by atoms with Gasteiger partial charge in [0.1, 0.15) is 0 Å². The highest BCUT2D eigenvalue weighted by atomic mass is 16.3. The molecule has 5 nitrogen and oxygen atoms in total. The number of likely N-dealkylation sites (tertiary alicyclic amines) is 1. The molecule has 1 saturated heterocycles. The van der Waals surface area contributed by atoms with E-state index in [9.17, 15) is 14.7 Å². The summed E-state index contributed by atoms with van der Waals surface area (Å²) in [5.74, 6) is -0.150. The van der Waals surface area contributed by atoms with Crippen molar-refractivity contribution in [1.29, 1.82) is 0 Å². The van der Waals surface area contributed by atoms with E-state index in [0.717, 1.165) is 0 Å². The van der Waals surface area contributed by atoms with Crippen LogP contribution < -0.4 is 5.56 Å².